The van der Waals surface area contributed by atoms with Gasteiger partial charge in [-0.3, -0.25) is 19.3 Å². The molecule has 0 bridgehead atoms. The summed E-state index contributed by atoms with van der Waals surface area (Å²) in [5.41, 5.74) is 3.21. The highest BCUT2D eigenvalue weighted by Crippen LogP contribution is 2.32. The van der Waals surface area contributed by atoms with Crippen molar-refractivity contribution < 1.29 is 19.1 Å². The van der Waals surface area contributed by atoms with E-state index in [4.69, 9.17) is 16.3 Å². The van der Waals surface area contributed by atoms with Gasteiger partial charge in [0.25, 0.3) is 11.1 Å². The summed E-state index contributed by atoms with van der Waals surface area (Å²) in [6.45, 7) is 1.90. The van der Waals surface area contributed by atoms with Gasteiger partial charge in [-0.25, -0.2) is 0 Å². The van der Waals surface area contributed by atoms with E-state index in [1.54, 1.807) is 24.3 Å². The topological polar surface area (TPSA) is 75.7 Å². The standard InChI is InChI=1S/C30H23ClN2O4S/c1-19-9-12-23(16-26(19)31)32-28(34)17-33-29(35)27(38-30(33)36)15-20-10-13-24(14-11-20)37-18-22-7-4-6-21-5-2-3-8-25(21)22/h2-16H,17-18H2,1H3,(H,32,34)/b27-15+. The molecule has 0 radical (unpaired) electrons. The van der Waals surface area contributed by atoms with Crippen LogP contribution in [0.4, 0.5) is 10.5 Å². The van der Waals surface area contributed by atoms with Crippen molar-refractivity contribution in [3.05, 3.63) is 112 Å². The Bertz CT molecular complexity index is 1580. The zero-order valence-corrected chi connectivity index (χ0v) is 22.0. The number of hydrogen-bond acceptors (Lipinski definition) is 5. The first-order valence-corrected chi connectivity index (χ1v) is 13.1. The van der Waals surface area contributed by atoms with Gasteiger partial charge in [-0.1, -0.05) is 72.3 Å². The number of anilines is 1. The van der Waals surface area contributed by atoms with Crippen LogP contribution in [0, 0.1) is 6.92 Å². The summed E-state index contributed by atoms with van der Waals surface area (Å²) in [5.74, 6) is -0.300. The molecule has 1 aliphatic heterocycles. The molecule has 6 nitrogen and oxygen atoms in total. The SMILES string of the molecule is Cc1ccc(NC(=O)CN2C(=O)S/C(=C/c3ccc(OCc4cccc5ccccc45)cc3)C2=O)cc1Cl. The van der Waals surface area contributed by atoms with Crippen LogP contribution in [0.5, 0.6) is 5.75 Å². The average Bonchev–Trinajstić information content (AvgIpc) is 3.17. The van der Waals surface area contributed by atoms with Crippen LogP contribution in [0.2, 0.25) is 5.02 Å². The van der Waals surface area contributed by atoms with E-state index >= 15 is 0 Å². The highest BCUT2D eigenvalue weighted by Gasteiger charge is 2.36. The zero-order valence-electron chi connectivity index (χ0n) is 20.4. The molecule has 38 heavy (non-hydrogen) atoms. The van der Waals surface area contributed by atoms with Gasteiger partial charge >= 0.3 is 0 Å². The van der Waals surface area contributed by atoms with Crippen LogP contribution in [0.3, 0.4) is 0 Å². The molecule has 1 fully saturated rings. The van der Waals surface area contributed by atoms with Crippen LogP contribution in [-0.4, -0.2) is 28.5 Å². The van der Waals surface area contributed by atoms with Gasteiger partial charge in [-0.15, -0.1) is 0 Å². The van der Waals surface area contributed by atoms with E-state index in [1.165, 1.54) is 0 Å². The number of nitrogens with zero attached hydrogens (tertiary/aromatic N) is 1. The Balaban J connectivity index is 1.20. The monoisotopic (exact) mass is 542 g/mol. The van der Waals surface area contributed by atoms with Gasteiger partial charge in [0.1, 0.15) is 18.9 Å². The number of imide groups is 1. The van der Waals surface area contributed by atoms with Crippen molar-refractivity contribution in [3.8, 4) is 5.75 Å². The largest absolute Gasteiger partial charge is 0.489 e. The summed E-state index contributed by atoms with van der Waals surface area (Å²) in [5, 5.41) is 5.01. The molecule has 8 heteroatoms. The Labute approximate surface area is 229 Å². The molecule has 190 valence electrons. The highest BCUT2D eigenvalue weighted by atomic mass is 35.5. The Hall–Kier alpha value is -4.07. The van der Waals surface area contributed by atoms with Crippen LogP contribution in [0.25, 0.3) is 16.8 Å². The number of carbonyl (C=O) groups is 3. The summed E-state index contributed by atoms with van der Waals surface area (Å²) >= 11 is 6.91. The second kappa shape index (κ2) is 11.1. The number of rotatable bonds is 7. The second-order valence-electron chi connectivity index (χ2n) is 8.78. The molecule has 4 aromatic carbocycles. The van der Waals surface area contributed by atoms with Crippen molar-refractivity contribution in [1.29, 1.82) is 0 Å². The van der Waals surface area contributed by atoms with Gasteiger partial charge < -0.3 is 10.1 Å². The molecule has 1 aliphatic rings. The highest BCUT2D eigenvalue weighted by molar-refractivity contribution is 8.18. The Morgan fingerprint density at radius 1 is 1.00 bits per heavy atom. The van der Waals surface area contributed by atoms with Gasteiger partial charge in [0, 0.05) is 10.7 Å². The van der Waals surface area contributed by atoms with Gasteiger partial charge in [-0.05, 0) is 76.5 Å². The van der Waals surface area contributed by atoms with E-state index in [2.05, 4.69) is 23.5 Å². The van der Waals surface area contributed by atoms with Crippen LogP contribution >= 0.6 is 23.4 Å². The van der Waals surface area contributed by atoms with Gasteiger partial charge in [-0.2, -0.15) is 0 Å². The average molecular weight is 543 g/mol. The Kier molecular flexibility index (Phi) is 7.49. The van der Waals surface area contributed by atoms with Crippen molar-refractivity contribution >= 4 is 63.0 Å². The van der Waals surface area contributed by atoms with Crippen molar-refractivity contribution in [2.75, 3.05) is 11.9 Å². The minimum Gasteiger partial charge on any atom is -0.489 e. The summed E-state index contributed by atoms with van der Waals surface area (Å²) in [6.07, 6.45) is 1.64. The predicted octanol–water partition coefficient (Wildman–Crippen LogP) is 7.06. The van der Waals surface area contributed by atoms with E-state index < -0.39 is 17.1 Å². The molecule has 0 atom stereocenters. The van der Waals surface area contributed by atoms with E-state index in [-0.39, 0.29) is 11.4 Å². The zero-order chi connectivity index (χ0) is 26.6. The van der Waals surface area contributed by atoms with E-state index in [0.29, 0.717) is 23.1 Å². The van der Waals surface area contributed by atoms with Gasteiger partial charge in [0.05, 0.1) is 4.91 Å². The number of benzene rings is 4. The van der Waals surface area contributed by atoms with Crippen molar-refractivity contribution in [1.82, 2.24) is 4.90 Å². The number of nitrogens with one attached hydrogen (secondary N) is 1. The lowest BCUT2D eigenvalue weighted by Gasteiger charge is -2.13. The third-order valence-electron chi connectivity index (χ3n) is 6.08. The number of thioether (sulfide) groups is 1. The minimum atomic E-state index is -0.506. The molecular formula is C30H23ClN2O4S. The third-order valence-corrected chi connectivity index (χ3v) is 7.40. The van der Waals surface area contributed by atoms with E-state index in [9.17, 15) is 14.4 Å². The van der Waals surface area contributed by atoms with Crippen LogP contribution in [-0.2, 0) is 16.2 Å². The molecule has 3 amide bonds. The van der Waals surface area contributed by atoms with Gasteiger partial charge in [0.2, 0.25) is 5.91 Å². The van der Waals surface area contributed by atoms with Crippen LogP contribution in [0.15, 0.2) is 89.8 Å². The molecule has 1 N–H and O–H groups in total. The number of amides is 3. The van der Waals surface area contributed by atoms with Gasteiger partial charge in [0.15, 0.2) is 0 Å². The molecule has 0 aromatic heterocycles. The first-order chi connectivity index (χ1) is 18.4. The van der Waals surface area contributed by atoms with Crippen LogP contribution in [0.1, 0.15) is 16.7 Å². The second-order valence-corrected chi connectivity index (χ2v) is 10.2. The molecule has 1 saturated heterocycles. The molecule has 1 heterocycles. The summed E-state index contributed by atoms with van der Waals surface area (Å²) in [6, 6.07) is 26.7. The third kappa shape index (κ3) is 5.74. The number of ether oxygens (including phenoxy) is 1. The fourth-order valence-corrected chi connectivity index (χ4v) is 5.06. The Morgan fingerprint density at radius 2 is 1.76 bits per heavy atom. The first kappa shape index (κ1) is 25.6. The lowest BCUT2D eigenvalue weighted by Crippen LogP contribution is -2.36. The summed E-state index contributed by atoms with van der Waals surface area (Å²) in [4.78, 5) is 38.9. The fourth-order valence-electron chi connectivity index (χ4n) is 4.04. The van der Waals surface area contributed by atoms with Crippen LogP contribution < -0.4 is 10.1 Å². The normalized spacial score (nSPS) is 14.4. The predicted molar refractivity (Wildman–Crippen MR) is 152 cm³/mol. The molecular weight excluding hydrogens is 520 g/mol. The van der Waals surface area contributed by atoms with E-state index in [1.807, 2.05) is 55.5 Å². The molecule has 5 rings (SSSR count). The number of aryl methyl sites for hydroxylation is 1. The number of halogens is 1. The maximum atomic E-state index is 12.8. The molecule has 0 unspecified atom stereocenters. The number of carbonyl (C=O) groups excluding carboxylic acids is 3. The number of fused-ring (bicyclic) bond motifs is 1. The molecule has 0 spiro atoms. The smallest absolute Gasteiger partial charge is 0.294 e. The van der Waals surface area contributed by atoms with E-state index in [0.717, 1.165) is 44.1 Å². The van der Waals surface area contributed by atoms with Crippen molar-refractivity contribution in [3.63, 3.8) is 0 Å². The lowest BCUT2D eigenvalue weighted by molar-refractivity contribution is -0.127. The van der Waals surface area contributed by atoms with Crippen molar-refractivity contribution in [2.45, 2.75) is 13.5 Å². The quantitative estimate of drug-likeness (QED) is 0.253. The molecule has 0 saturated carbocycles. The van der Waals surface area contributed by atoms with Crippen molar-refractivity contribution in [2.24, 2.45) is 0 Å². The Morgan fingerprint density at radius 3 is 2.55 bits per heavy atom. The molecule has 0 aliphatic carbocycles. The maximum Gasteiger partial charge on any atom is 0.294 e. The number of hydrogen-bond donors (Lipinski definition) is 1. The summed E-state index contributed by atoms with van der Waals surface area (Å²) < 4.78 is 5.98. The summed E-state index contributed by atoms with van der Waals surface area (Å²) in [7, 11) is 0. The molecule has 4 aromatic rings. The first-order valence-electron chi connectivity index (χ1n) is 11.9. The minimum absolute atomic E-state index is 0.255. The lowest BCUT2D eigenvalue weighted by atomic mass is 10.1. The fraction of sp³-hybridized carbons (Fsp3) is 0.100. The maximum absolute atomic E-state index is 12.8.